The molecule has 1 fully saturated rings. The number of carbonyl (C=O) groups excluding carboxylic acids is 1. The highest BCUT2D eigenvalue weighted by atomic mass is 16.6. The average molecular weight is 288 g/mol. The minimum atomic E-state index is -1.50. The summed E-state index contributed by atoms with van der Waals surface area (Å²) in [5, 5.41) is 39.1. The molecule has 110 valence electrons. The molecule has 2 heterocycles. The van der Waals surface area contributed by atoms with Crippen LogP contribution in [0.15, 0.2) is 6.33 Å². The van der Waals surface area contributed by atoms with Crippen molar-refractivity contribution in [3.05, 3.63) is 22.1 Å². The number of rotatable bonds is 4. The lowest BCUT2D eigenvalue weighted by molar-refractivity contribution is -0.389. The van der Waals surface area contributed by atoms with Gasteiger partial charge in [0.1, 0.15) is 18.3 Å². The number of carbonyl (C=O) groups is 1. The molecule has 1 aromatic rings. The third-order valence-electron chi connectivity index (χ3n) is 2.97. The van der Waals surface area contributed by atoms with Crippen LogP contribution in [0.25, 0.3) is 0 Å². The summed E-state index contributed by atoms with van der Waals surface area (Å²) >= 11 is 0. The van der Waals surface area contributed by atoms with E-state index in [1.54, 1.807) is 0 Å². The number of aromatic nitrogens is 2. The highest BCUT2D eigenvalue weighted by Crippen LogP contribution is 2.32. The predicted octanol–water partition coefficient (Wildman–Crippen LogP) is -2.50. The second-order valence-electron chi connectivity index (χ2n) is 4.17. The minimum absolute atomic E-state index is 0.565. The van der Waals surface area contributed by atoms with Crippen molar-refractivity contribution in [2.75, 3.05) is 6.61 Å². The minimum Gasteiger partial charge on any atom is -0.394 e. The first-order chi connectivity index (χ1) is 9.38. The van der Waals surface area contributed by atoms with E-state index >= 15 is 0 Å². The summed E-state index contributed by atoms with van der Waals surface area (Å²) in [5.74, 6) is -1.91. The number of amides is 1. The number of imidazole rings is 1. The summed E-state index contributed by atoms with van der Waals surface area (Å²) in [5.41, 5.74) is 4.49. The molecule has 1 aliphatic heterocycles. The number of hydrogen-bond donors (Lipinski definition) is 4. The summed E-state index contributed by atoms with van der Waals surface area (Å²) in [6.45, 7) is -0.572. The zero-order valence-corrected chi connectivity index (χ0v) is 9.99. The van der Waals surface area contributed by atoms with Crippen molar-refractivity contribution >= 4 is 11.7 Å². The Morgan fingerprint density at radius 1 is 1.55 bits per heavy atom. The van der Waals surface area contributed by atoms with Crippen molar-refractivity contribution in [3.63, 3.8) is 0 Å². The van der Waals surface area contributed by atoms with Crippen LogP contribution in [0.3, 0.4) is 0 Å². The van der Waals surface area contributed by atoms with E-state index in [9.17, 15) is 25.1 Å². The van der Waals surface area contributed by atoms with Gasteiger partial charge in [0, 0.05) is 0 Å². The lowest BCUT2D eigenvalue weighted by atomic mass is 10.1. The van der Waals surface area contributed by atoms with Crippen molar-refractivity contribution in [1.82, 2.24) is 9.55 Å². The molecule has 0 saturated carbocycles. The van der Waals surface area contributed by atoms with Crippen LogP contribution in [-0.4, -0.2) is 60.6 Å². The Bertz CT molecular complexity index is 544. The summed E-state index contributed by atoms with van der Waals surface area (Å²) < 4.78 is 6.01. The monoisotopic (exact) mass is 288 g/mol. The van der Waals surface area contributed by atoms with Crippen molar-refractivity contribution in [2.45, 2.75) is 24.5 Å². The number of nitro groups is 1. The van der Waals surface area contributed by atoms with E-state index in [-0.39, 0.29) is 0 Å². The first-order valence-corrected chi connectivity index (χ1v) is 5.52. The normalized spacial score (nSPS) is 29.6. The van der Waals surface area contributed by atoms with E-state index in [2.05, 4.69) is 4.98 Å². The highest BCUT2D eigenvalue weighted by molar-refractivity contribution is 5.94. The number of primary amides is 1. The Balaban J connectivity index is 2.44. The lowest BCUT2D eigenvalue weighted by Gasteiger charge is -2.16. The summed E-state index contributed by atoms with van der Waals surface area (Å²) in [6.07, 6.45) is -4.41. The maximum Gasteiger partial charge on any atom is 0.395 e. The maximum atomic E-state index is 11.3. The highest BCUT2D eigenvalue weighted by Gasteiger charge is 2.45. The van der Waals surface area contributed by atoms with Gasteiger partial charge in [0.2, 0.25) is 12.0 Å². The molecule has 4 atom stereocenters. The molecular weight excluding hydrogens is 276 g/mol. The molecule has 11 heteroatoms. The van der Waals surface area contributed by atoms with Crippen LogP contribution in [-0.2, 0) is 4.74 Å². The van der Waals surface area contributed by atoms with Gasteiger partial charge in [-0.05, 0) is 9.91 Å². The van der Waals surface area contributed by atoms with Gasteiger partial charge in [-0.3, -0.25) is 9.36 Å². The van der Waals surface area contributed by atoms with Crippen molar-refractivity contribution < 1.29 is 29.8 Å². The molecule has 20 heavy (non-hydrogen) atoms. The standard InChI is InChI=1S/C9H12N4O7/c10-7(17)4-8(13(18)19)11-2-12(4)9-6(16)5(15)3(1-14)20-9/h2-3,5-6,9,14-16H,1H2,(H2,10,17)/t3-,5+,6+,9-/m0/s1. The Kier molecular flexibility index (Phi) is 3.67. The van der Waals surface area contributed by atoms with Gasteiger partial charge in [-0.15, -0.1) is 0 Å². The second-order valence-corrected chi connectivity index (χ2v) is 4.17. The van der Waals surface area contributed by atoms with Crippen LogP contribution >= 0.6 is 0 Å². The molecule has 5 N–H and O–H groups in total. The topological polar surface area (TPSA) is 174 Å². The maximum absolute atomic E-state index is 11.3. The zero-order valence-electron chi connectivity index (χ0n) is 9.99. The first kappa shape index (κ1) is 14.3. The fourth-order valence-electron chi connectivity index (χ4n) is 2.03. The van der Waals surface area contributed by atoms with Gasteiger partial charge in [-0.1, -0.05) is 0 Å². The van der Waals surface area contributed by atoms with Crippen LogP contribution in [0.5, 0.6) is 0 Å². The van der Waals surface area contributed by atoms with Crippen molar-refractivity contribution in [1.29, 1.82) is 0 Å². The third kappa shape index (κ3) is 2.12. The molecule has 2 rings (SSSR count). The molecule has 1 aromatic heterocycles. The second kappa shape index (κ2) is 5.13. The Morgan fingerprint density at radius 2 is 2.20 bits per heavy atom. The number of nitrogens with two attached hydrogens (primary N) is 1. The number of aliphatic hydroxyl groups excluding tert-OH is 3. The zero-order chi connectivity index (χ0) is 15.0. The molecule has 0 bridgehead atoms. The quantitative estimate of drug-likeness (QED) is 0.347. The molecule has 11 nitrogen and oxygen atoms in total. The first-order valence-electron chi connectivity index (χ1n) is 5.52. The molecular formula is C9H12N4O7. The molecule has 1 aliphatic rings. The van der Waals surface area contributed by atoms with Crippen molar-refractivity contribution in [2.24, 2.45) is 5.73 Å². The van der Waals surface area contributed by atoms with E-state index in [0.717, 1.165) is 10.9 Å². The molecule has 0 radical (unpaired) electrons. The van der Waals surface area contributed by atoms with E-state index in [1.165, 1.54) is 0 Å². The summed E-state index contributed by atoms with van der Waals surface area (Å²) in [6, 6.07) is 0. The van der Waals surface area contributed by atoms with Gasteiger partial charge in [0.05, 0.1) is 6.61 Å². The summed E-state index contributed by atoms with van der Waals surface area (Å²) in [4.78, 5) is 24.6. The van der Waals surface area contributed by atoms with Crippen LogP contribution in [0, 0.1) is 10.1 Å². The van der Waals surface area contributed by atoms with Crippen LogP contribution in [0.2, 0.25) is 0 Å². The molecule has 1 saturated heterocycles. The number of ether oxygens (including phenoxy) is 1. The molecule has 0 aromatic carbocycles. The Hall–Kier alpha value is -2.08. The SMILES string of the molecule is NC(=O)c1c([N+](=O)[O-])ncn1[C@H]1O[C@@H](CO)[C@@H](O)[C@H]1O. The van der Waals surface area contributed by atoms with Gasteiger partial charge in [-0.25, -0.2) is 0 Å². The van der Waals surface area contributed by atoms with Crippen LogP contribution < -0.4 is 5.73 Å². The van der Waals surface area contributed by atoms with Crippen LogP contribution in [0.1, 0.15) is 16.7 Å². The molecule has 1 amide bonds. The lowest BCUT2D eigenvalue weighted by Crippen LogP contribution is -2.33. The molecule has 0 unspecified atom stereocenters. The van der Waals surface area contributed by atoms with Gasteiger partial charge in [-0.2, -0.15) is 0 Å². The third-order valence-corrected chi connectivity index (χ3v) is 2.97. The Labute approximate surface area is 111 Å². The number of aliphatic hydroxyl groups is 3. The average Bonchev–Trinajstić information content (AvgIpc) is 2.93. The van der Waals surface area contributed by atoms with Crippen LogP contribution in [0.4, 0.5) is 5.82 Å². The van der Waals surface area contributed by atoms with E-state index in [0.29, 0.717) is 0 Å². The number of hydrogen-bond acceptors (Lipinski definition) is 8. The largest absolute Gasteiger partial charge is 0.395 e. The fraction of sp³-hybridized carbons (Fsp3) is 0.556. The summed E-state index contributed by atoms with van der Waals surface area (Å²) in [7, 11) is 0. The molecule has 0 spiro atoms. The van der Waals surface area contributed by atoms with Gasteiger partial charge < -0.3 is 35.9 Å². The fourth-order valence-corrected chi connectivity index (χ4v) is 2.03. The van der Waals surface area contributed by atoms with Gasteiger partial charge >= 0.3 is 5.82 Å². The molecule has 0 aliphatic carbocycles. The van der Waals surface area contributed by atoms with Crippen molar-refractivity contribution in [3.8, 4) is 0 Å². The van der Waals surface area contributed by atoms with Gasteiger partial charge in [0.25, 0.3) is 5.91 Å². The number of nitrogens with zero attached hydrogens (tertiary/aromatic N) is 3. The van der Waals surface area contributed by atoms with E-state index in [1.807, 2.05) is 0 Å². The van der Waals surface area contributed by atoms with E-state index in [4.69, 9.17) is 15.6 Å². The predicted molar refractivity (Wildman–Crippen MR) is 60.4 cm³/mol. The van der Waals surface area contributed by atoms with E-state index < -0.39 is 53.5 Å². The Morgan fingerprint density at radius 3 is 2.65 bits per heavy atom. The smallest absolute Gasteiger partial charge is 0.394 e. The van der Waals surface area contributed by atoms with Gasteiger partial charge in [0.15, 0.2) is 6.23 Å².